The number of carbonyl (C=O) groups excluding carboxylic acids is 1. The van der Waals surface area contributed by atoms with Crippen LogP contribution in [0.3, 0.4) is 0 Å². The molecule has 1 aliphatic rings. The summed E-state index contributed by atoms with van der Waals surface area (Å²) in [5, 5.41) is 7.67. The van der Waals surface area contributed by atoms with Gasteiger partial charge in [0.1, 0.15) is 0 Å². The van der Waals surface area contributed by atoms with E-state index < -0.39 is 0 Å². The summed E-state index contributed by atoms with van der Waals surface area (Å²) in [5.41, 5.74) is 2.89. The predicted molar refractivity (Wildman–Crippen MR) is 98.9 cm³/mol. The van der Waals surface area contributed by atoms with Gasteiger partial charge in [0.25, 0.3) is 0 Å². The summed E-state index contributed by atoms with van der Waals surface area (Å²) >= 11 is 0. The van der Waals surface area contributed by atoms with Crippen LogP contribution in [0.2, 0.25) is 0 Å². The van der Waals surface area contributed by atoms with E-state index >= 15 is 0 Å². The van der Waals surface area contributed by atoms with Crippen LogP contribution in [0.15, 0.2) is 54.7 Å². The Bertz CT molecular complexity index is 903. The van der Waals surface area contributed by atoms with Gasteiger partial charge in [-0.1, -0.05) is 18.2 Å². The molecule has 1 amide bonds. The third kappa shape index (κ3) is 3.38. The molecule has 6 nitrogen and oxygen atoms in total. The van der Waals surface area contributed by atoms with Gasteiger partial charge in [0.15, 0.2) is 0 Å². The summed E-state index contributed by atoms with van der Waals surface area (Å²) in [5.74, 6) is 0.712. The normalized spacial score (nSPS) is 14.2. The molecule has 2 N–H and O–H groups in total. The highest BCUT2D eigenvalue weighted by molar-refractivity contribution is 5.79. The molecule has 1 aliphatic heterocycles. The quantitative estimate of drug-likeness (QED) is 0.768. The number of rotatable bonds is 4. The second-order valence-corrected chi connectivity index (χ2v) is 6.22. The van der Waals surface area contributed by atoms with Crippen molar-refractivity contribution in [1.82, 2.24) is 14.9 Å². The first-order valence-electron chi connectivity index (χ1n) is 8.28. The summed E-state index contributed by atoms with van der Waals surface area (Å²) in [4.78, 5) is 21.9. The van der Waals surface area contributed by atoms with Crippen LogP contribution in [0, 0.1) is 0 Å². The molecular weight excluding hydrogens is 314 g/mol. The molecule has 2 heterocycles. The zero-order chi connectivity index (χ0) is 17.2. The highest BCUT2D eigenvalue weighted by Crippen LogP contribution is 2.20. The summed E-state index contributed by atoms with van der Waals surface area (Å²) < 4.78 is 0. The molecule has 1 fully saturated rings. The average molecular weight is 333 g/mol. The Kier molecular flexibility index (Phi) is 3.93. The molecule has 1 aromatic heterocycles. The van der Waals surface area contributed by atoms with Crippen molar-refractivity contribution in [3.63, 3.8) is 0 Å². The monoisotopic (exact) mass is 333 g/mol. The van der Waals surface area contributed by atoms with Gasteiger partial charge in [-0.2, -0.15) is 0 Å². The van der Waals surface area contributed by atoms with Crippen molar-refractivity contribution in [3.8, 4) is 0 Å². The number of fused-ring (bicyclic) bond motifs is 1. The van der Waals surface area contributed by atoms with Crippen LogP contribution in [0.25, 0.3) is 10.9 Å². The lowest BCUT2D eigenvalue weighted by Crippen LogP contribution is -2.56. The van der Waals surface area contributed by atoms with E-state index in [1.54, 1.807) is 6.92 Å². The zero-order valence-electron chi connectivity index (χ0n) is 13.9. The molecule has 1 saturated heterocycles. The minimum atomic E-state index is 0.132. The van der Waals surface area contributed by atoms with Gasteiger partial charge in [-0.05, 0) is 30.3 Å². The first-order valence-corrected chi connectivity index (χ1v) is 8.28. The maximum Gasteiger partial charge on any atom is 0.227 e. The molecule has 3 aromatic rings. The largest absolute Gasteiger partial charge is 0.379 e. The predicted octanol–water partition coefficient (Wildman–Crippen LogP) is 3.02. The van der Waals surface area contributed by atoms with Gasteiger partial charge in [-0.15, -0.1) is 0 Å². The summed E-state index contributed by atoms with van der Waals surface area (Å²) in [6.45, 7) is 3.13. The molecule has 0 radical (unpaired) electrons. The van der Waals surface area contributed by atoms with Crippen LogP contribution in [0.5, 0.6) is 0 Å². The first-order chi connectivity index (χ1) is 12.2. The van der Waals surface area contributed by atoms with Crippen LogP contribution in [0.1, 0.15) is 6.92 Å². The van der Waals surface area contributed by atoms with Crippen LogP contribution in [-0.4, -0.2) is 39.9 Å². The number of amides is 1. The number of nitrogens with zero attached hydrogens (tertiary/aromatic N) is 3. The summed E-state index contributed by atoms with van der Waals surface area (Å²) in [6.07, 6.45) is 1.82. The second-order valence-electron chi connectivity index (χ2n) is 6.22. The van der Waals surface area contributed by atoms with Crippen LogP contribution in [-0.2, 0) is 4.79 Å². The van der Waals surface area contributed by atoms with Crippen molar-refractivity contribution in [1.29, 1.82) is 0 Å². The number of aromatic nitrogens is 2. The topological polar surface area (TPSA) is 70.2 Å². The molecule has 0 bridgehead atoms. The average Bonchev–Trinajstić information content (AvgIpc) is 2.59. The maximum absolute atomic E-state index is 11.2. The SMILES string of the molecule is CC(=O)N1CC(Nc2ccc(Nc3ncc4ccccc4n3)cc2)C1. The van der Waals surface area contributed by atoms with Crippen molar-refractivity contribution < 1.29 is 4.79 Å². The number of likely N-dealkylation sites (tertiary alicyclic amines) is 1. The van der Waals surface area contributed by atoms with E-state index in [0.29, 0.717) is 12.0 Å². The van der Waals surface area contributed by atoms with Crippen molar-refractivity contribution in [2.75, 3.05) is 23.7 Å². The zero-order valence-corrected chi connectivity index (χ0v) is 13.9. The number of hydrogen-bond acceptors (Lipinski definition) is 5. The number of hydrogen-bond donors (Lipinski definition) is 2. The molecule has 0 atom stereocenters. The molecule has 0 saturated carbocycles. The lowest BCUT2D eigenvalue weighted by Gasteiger charge is -2.39. The molecular formula is C19H19N5O. The van der Waals surface area contributed by atoms with Crippen molar-refractivity contribution in [2.45, 2.75) is 13.0 Å². The van der Waals surface area contributed by atoms with E-state index in [1.165, 1.54) is 0 Å². The lowest BCUT2D eigenvalue weighted by molar-refractivity contribution is -0.132. The summed E-state index contributed by atoms with van der Waals surface area (Å²) in [7, 11) is 0. The standard InChI is InChI=1S/C19H19N5O/c1-13(25)24-11-17(12-24)21-15-6-8-16(9-7-15)22-19-20-10-14-4-2-3-5-18(14)23-19/h2-10,17,21H,11-12H2,1H3,(H,20,22,23). The summed E-state index contributed by atoms with van der Waals surface area (Å²) in [6, 6.07) is 16.2. The molecule has 2 aromatic carbocycles. The Morgan fingerprint density at radius 2 is 1.80 bits per heavy atom. The number of anilines is 3. The van der Waals surface area contributed by atoms with Gasteiger partial charge in [0.05, 0.1) is 11.6 Å². The minimum Gasteiger partial charge on any atom is -0.379 e. The van der Waals surface area contributed by atoms with E-state index in [4.69, 9.17) is 0 Å². The van der Waals surface area contributed by atoms with E-state index in [1.807, 2.05) is 59.6 Å². The molecule has 0 unspecified atom stereocenters. The Labute approximate surface area is 145 Å². The number of benzene rings is 2. The maximum atomic E-state index is 11.2. The highest BCUT2D eigenvalue weighted by atomic mass is 16.2. The molecule has 0 aliphatic carbocycles. The molecule has 6 heteroatoms. The van der Waals surface area contributed by atoms with E-state index in [9.17, 15) is 4.79 Å². The molecule has 0 spiro atoms. The Balaban J connectivity index is 1.39. The van der Waals surface area contributed by atoms with Crippen molar-refractivity contribution >= 4 is 34.1 Å². The van der Waals surface area contributed by atoms with Gasteiger partial charge >= 0.3 is 0 Å². The fourth-order valence-corrected chi connectivity index (χ4v) is 2.87. The molecule has 25 heavy (non-hydrogen) atoms. The van der Waals surface area contributed by atoms with E-state index in [-0.39, 0.29) is 5.91 Å². The number of carbonyl (C=O) groups is 1. The Morgan fingerprint density at radius 3 is 2.56 bits per heavy atom. The van der Waals surface area contributed by atoms with Gasteiger partial charge in [-0.25, -0.2) is 9.97 Å². The smallest absolute Gasteiger partial charge is 0.227 e. The van der Waals surface area contributed by atoms with Crippen LogP contribution >= 0.6 is 0 Å². The van der Waals surface area contributed by atoms with Gasteiger partial charge in [-0.3, -0.25) is 4.79 Å². The number of para-hydroxylation sites is 1. The Hall–Kier alpha value is -3.15. The van der Waals surface area contributed by atoms with Crippen molar-refractivity contribution in [2.24, 2.45) is 0 Å². The fourth-order valence-electron chi connectivity index (χ4n) is 2.87. The van der Waals surface area contributed by atoms with E-state index in [2.05, 4.69) is 20.6 Å². The third-order valence-corrected chi connectivity index (χ3v) is 4.33. The first kappa shape index (κ1) is 15.4. The van der Waals surface area contributed by atoms with E-state index in [0.717, 1.165) is 35.4 Å². The molecule has 4 rings (SSSR count). The second kappa shape index (κ2) is 6.39. The van der Waals surface area contributed by atoms with Gasteiger partial charge < -0.3 is 15.5 Å². The fraction of sp³-hybridized carbons (Fsp3) is 0.211. The Morgan fingerprint density at radius 1 is 1.08 bits per heavy atom. The van der Waals surface area contributed by atoms with Gasteiger partial charge in [0, 0.05) is 43.0 Å². The highest BCUT2D eigenvalue weighted by Gasteiger charge is 2.28. The van der Waals surface area contributed by atoms with Crippen LogP contribution < -0.4 is 10.6 Å². The van der Waals surface area contributed by atoms with Crippen molar-refractivity contribution in [3.05, 3.63) is 54.7 Å². The van der Waals surface area contributed by atoms with Gasteiger partial charge in [0.2, 0.25) is 11.9 Å². The van der Waals surface area contributed by atoms with Crippen LogP contribution in [0.4, 0.5) is 17.3 Å². The molecule has 126 valence electrons. The lowest BCUT2D eigenvalue weighted by atomic mass is 10.1. The minimum absolute atomic E-state index is 0.132. The third-order valence-electron chi connectivity index (χ3n) is 4.33. The number of nitrogens with one attached hydrogen (secondary N) is 2.